The van der Waals surface area contributed by atoms with Gasteiger partial charge < -0.3 is 9.47 Å². The lowest BCUT2D eigenvalue weighted by atomic mass is 9.84. The number of para-hydroxylation sites is 3. The zero-order valence-corrected chi connectivity index (χ0v) is 39.5. The molecule has 0 radical (unpaired) electrons. The van der Waals surface area contributed by atoms with Gasteiger partial charge in [-0.2, -0.15) is 0 Å². The summed E-state index contributed by atoms with van der Waals surface area (Å²) in [5, 5.41) is 12.4. The molecule has 2 nitrogen and oxygen atoms in total. The molecule has 14 rings (SSSR count). The van der Waals surface area contributed by atoms with Gasteiger partial charge in [0.2, 0.25) is 0 Å². The molecule has 14 aromatic rings. The molecule has 0 unspecified atom stereocenters. The molecule has 0 aliphatic carbocycles. The minimum atomic E-state index is 1.08. The Morgan fingerprint density at radius 3 is 1.43 bits per heavy atom. The van der Waals surface area contributed by atoms with Crippen LogP contribution < -0.4 is 4.90 Å². The second-order valence-electron chi connectivity index (χ2n) is 18.8. The van der Waals surface area contributed by atoms with E-state index in [0.717, 1.165) is 33.9 Å². The van der Waals surface area contributed by atoms with Gasteiger partial charge in [0.15, 0.2) is 0 Å². The van der Waals surface area contributed by atoms with Crippen molar-refractivity contribution in [2.24, 2.45) is 0 Å². The van der Waals surface area contributed by atoms with E-state index in [0.29, 0.717) is 0 Å². The summed E-state index contributed by atoms with van der Waals surface area (Å²) in [4.78, 5) is 2.44. The monoisotopic (exact) mass is 914 g/mol. The smallest absolute Gasteiger partial charge is 0.0619 e. The largest absolute Gasteiger partial charge is 0.310 e. The Balaban J connectivity index is 0.933. The number of anilines is 3. The molecule has 0 N–H and O–H groups in total. The Morgan fingerprint density at radius 1 is 0.264 bits per heavy atom. The zero-order valence-electron chi connectivity index (χ0n) is 39.5. The lowest BCUT2D eigenvalue weighted by Gasteiger charge is -2.28. The van der Waals surface area contributed by atoms with Crippen molar-refractivity contribution in [3.05, 3.63) is 279 Å². The maximum atomic E-state index is 2.44. The average molecular weight is 915 g/mol. The Labute approximate surface area is 418 Å². The van der Waals surface area contributed by atoms with Gasteiger partial charge in [-0.15, -0.1) is 0 Å². The Bertz CT molecular complexity index is 4340. The Hall–Kier alpha value is -9.50. The van der Waals surface area contributed by atoms with E-state index < -0.39 is 0 Å². The van der Waals surface area contributed by atoms with Crippen LogP contribution in [0.3, 0.4) is 0 Å². The molecule has 2 heteroatoms. The van der Waals surface area contributed by atoms with Gasteiger partial charge in [0.05, 0.1) is 16.7 Å². The van der Waals surface area contributed by atoms with Gasteiger partial charge in [0.25, 0.3) is 0 Å². The van der Waals surface area contributed by atoms with E-state index in [-0.39, 0.29) is 0 Å². The third-order valence-corrected chi connectivity index (χ3v) is 14.7. The third-order valence-electron chi connectivity index (χ3n) is 14.7. The molecule has 72 heavy (non-hydrogen) atoms. The Kier molecular flexibility index (Phi) is 9.89. The van der Waals surface area contributed by atoms with Crippen molar-refractivity contribution in [1.82, 2.24) is 4.57 Å². The summed E-state index contributed by atoms with van der Waals surface area (Å²) >= 11 is 0. The van der Waals surface area contributed by atoms with Crippen LogP contribution in [0.25, 0.3) is 115 Å². The van der Waals surface area contributed by atoms with Crippen LogP contribution >= 0.6 is 0 Å². The third kappa shape index (κ3) is 6.80. The highest BCUT2D eigenvalue weighted by atomic mass is 15.1. The fourth-order valence-electron chi connectivity index (χ4n) is 11.5. The predicted octanol–water partition coefficient (Wildman–Crippen LogP) is 19.5. The number of aromatic nitrogens is 1. The summed E-state index contributed by atoms with van der Waals surface area (Å²) in [6, 6.07) is 102. The van der Waals surface area contributed by atoms with E-state index in [2.05, 4.69) is 289 Å². The summed E-state index contributed by atoms with van der Waals surface area (Å²) in [5.41, 5.74) is 16.5. The van der Waals surface area contributed by atoms with Gasteiger partial charge in [-0.3, -0.25) is 0 Å². The number of nitrogens with zero attached hydrogens (tertiary/aromatic N) is 2. The lowest BCUT2D eigenvalue weighted by Crippen LogP contribution is -2.10. The van der Waals surface area contributed by atoms with Crippen molar-refractivity contribution in [1.29, 1.82) is 0 Å². The van der Waals surface area contributed by atoms with Crippen LogP contribution in [0.4, 0.5) is 17.1 Å². The van der Waals surface area contributed by atoms with E-state index in [4.69, 9.17) is 0 Å². The standard InChI is InChI=1S/C70H46N2/c1-4-19-49(20-5-1)68-63-31-15-13-28-59(63)60-44-39-51(45-65(60)69(68)50-21-6-2-7-22-50)47-35-40-54(41-36-47)71(67-46-52-23-10-11-26-56(52)58-27-12-14-29-61(58)67)55-42-37-48(38-43-55)57-32-18-33-64-62-30-16-17-34-66(62)72(70(57)64)53-24-8-3-9-25-53/h1-46H. The lowest BCUT2D eigenvalue weighted by molar-refractivity contribution is 1.18. The van der Waals surface area contributed by atoms with Gasteiger partial charge in [0.1, 0.15) is 0 Å². The molecule has 0 amide bonds. The molecule has 1 heterocycles. The molecule has 0 saturated heterocycles. The van der Waals surface area contributed by atoms with Gasteiger partial charge in [0, 0.05) is 38.8 Å². The highest BCUT2D eigenvalue weighted by Gasteiger charge is 2.22. The molecule has 336 valence electrons. The predicted molar refractivity (Wildman–Crippen MR) is 307 cm³/mol. The number of rotatable bonds is 8. The zero-order chi connectivity index (χ0) is 47.5. The molecule has 0 bridgehead atoms. The Morgan fingerprint density at radius 2 is 0.750 bits per heavy atom. The van der Waals surface area contributed by atoms with Crippen molar-refractivity contribution < 1.29 is 0 Å². The first-order valence-corrected chi connectivity index (χ1v) is 24.8. The molecular formula is C70H46N2. The van der Waals surface area contributed by atoms with Crippen molar-refractivity contribution >= 4 is 82.0 Å². The van der Waals surface area contributed by atoms with E-state index >= 15 is 0 Å². The maximum absolute atomic E-state index is 2.44. The normalized spacial score (nSPS) is 11.6. The number of hydrogen-bond acceptors (Lipinski definition) is 1. The number of fused-ring (bicyclic) bond motifs is 9. The van der Waals surface area contributed by atoms with E-state index in [9.17, 15) is 0 Å². The van der Waals surface area contributed by atoms with E-state index in [1.54, 1.807) is 0 Å². The van der Waals surface area contributed by atoms with Crippen LogP contribution in [-0.2, 0) is 0 Å². The molecule has 0 aliphatic heterocycles. The molecule has 0 aliphatic rings. The van der Waals surface area contributed by atoms with Crippen LogP contribution in [0.15, 0.2) is 279 Å². The van der Waals surface area contributed by atoms with Crippen molar-refractivity contribution in [2.45, 2.75) is 0 Å². The first-order valence-electron chi connectivity index (χ1n) is 24.8. The number of hydrogen-bond donors (Lipinski definition) is 0. The minimum absolute atomic E-state index is 1.08. The first kappa shape index (κ1) is 41.5. The fraction of sp³-hybridized carbons (Fsp3) is 0. The molecule has 0 atom stereocenters. The molecule has 0 saturated carbocycles. The highest BCUT2D eigenvalue weighted by Crippen LogP contribution is 2.47. The summed E-state index contributed by atoms with van der Waals surface area (Å²) in [6.07, 6.45) is 0. The van der Waals surface area contributed by atoms with Crippen LogP contribution in [0.1, 0.15) is 0 Å². The van der Waals surface area contributed by atoms with Crippen LogP contribution in [0, 0.1) is 0 Å². The van der Waals surface area contributed by atoms with Crippen molar-refractivity contribution in [2.75, 3.05) is 4.90 Å². The molecule has 0 fully saturated rings. The van der Waals surface area contributed by atoms with E-state index in [1.165, 1.54) is 98.3 Å². The summed E-state index contributed by atoms with van der Waals surface area (Å²) in [5.74, 6) is 0. The summed E-state index contributed by atoms with van der Waals surface area (Å²) < 4.78 is 2.42. The molecule has 0 spiro atoms. The van der Waals surface area contributed by atoms with Crippen LogP contribution in [0.2, 0.25) is 0 Å². The van der Waals surface area contributed by atoms with E-state index in [1.807, 2.05) is 0 Å². The average Bonchev–Trinajstić information content (AvgIpc) is 3.80. The highest BCUT2D eigenvalue weighted by molar-refractivity contribution is 6.22. The fourth-order valence-corrected chi connectivity index (χ4v) is 11.5. The van der Waals surface area contributed by atoms with Gasteiger partial charge >= 0.3 is 0 Å². The second-order valence-corrected chi connectivity index (χ2v) is 18.8. The summed E-state index contributed by atoms with van der Waals surface area (Å²) in [6.45, 7) is 0. The quantitative estimate of drug-likeness (QED) is 0.138. The first-order chi connectivity index (χ1) is 35.7. The molecule has 1 aromatic heterocycles. The van der Waals surface area contributed by atoms with Crippen molar-refractivity contribution in [3.63, 3.8) is 0 Å². The SMILES string of the molecule is c1ccc(-c2c(-c3ccccc3)c3cc(-c4ccc(N(c5ccc(-c6cccc7c8ccccc8n(-c8ccccc8)c67)cc5)c5cc6ccccc6c6ccccc56)cc4)ccc3c3ccccc23)cc1. The number of benzene rings is 13. The minimum Gasteiger partial charge on any atom is -0.310 e. The van der Waals surface area contributed by atoms with Gasteiger partial charge in [-0.1, -0.05) is 224 Å². The van der Waals surface area contributed by atoms with Gasteiger partial charge in [-0.05, 0) is 131 Å². The molecular weight excluding hydrogens is 869 g/mol. The van der Waals surface area contributed by atoms with Crippen LogP contribution in [-0.4, -0.2) is 4.57 Å². The van der Waals surface area contributed by atoms with Crippen molar-refractivity contribution in [3.8, 4) is 50.2 Å². The maximum Gasteiger partial charge on any atom is 0.0619 e. The van der Waals surface area contributed by atoms with Gasteiger partial charge in [-0.25, -0.2) is 0 Å². The van der Waals surface area contributed by atoms with Crippen LogP contribution in [0.5, 0.6) is 0 Å². The topological polar surface area (TPSA) is 8.17 Å². The summed E-state index contributed by atoms with van der Waals surface area (Å²) in [7, 11) is 0. The second kappa shape index (κ2) is 17.2. The molecule has 13 aromatic carbocycles.